The average molecular weight is 627 g/mol. The molecule has 11 heteroatoms. The van der Waals surface area contributed by atoms with Gasteiger partial charge in [0.2, 0.25) is 0 Å². The van der Waals surface area contributed by atoms with Crippen LogP contribution >= 0.6 is 11.3 Å². The number of hydrogen-bond donors (Lipinski definition) is 1. The highest BCUT2D eigenvalue weighted by molar-refractivity contribution is 7.94. The van der Waals surface area contributed by atoms with Crippen molar-refractivity contribution in [2.24, 2.45) is 0 Å². The molecule has 7 rings (SSSR count). The smallest absolute Gasteiger partial charge is 0.273 e. The van der Waals surface area contributed by atoms with Gasteiger partial charge in [0, 0.05) is 59.3 Å². The van der Waals surface area contributed by atoms with Crippen LogP contribution in [0.25, 0.3) is 44.2 Å². The number of fused-ring (bicyclic) bond motifs is 3. The zero-order chi connectivity index (χ0) is 30.4. The van der Waals surface area contributed by atoms with Gasteiger partial charge in [-0.05, 0) is 65.0 Å². The highest BCUT2D eigenvalue weighted by Crippen LogP contribution is 2.42. The van der Waals surface area contributed by atoms with Crippen molar-refractivity contribution in [2.45, 2.75) is 4.21 Å². The molecule has 0 saturated carbocycles. The highest BCUT2D eigenvalue weighted by atomic mass is 32.2. The van der Waals surface area contributed by atoms with E-state index in [2.05, 4.69) is 4.98 Å². The number of sulfonamides is 1. The molecule has 222 valence electrons. The van der Waals surface area contributed by atoms with Gasteiger partial charge in [-0.2, -0.15) is 0 Å². The fourth-order valence-corrected chi connectivity index (χ4v) is 7.95. The molecule has 44 heavy (non-hydrogen) atoms. The summed E-state index contributed by atoms with van der Waals surface area (Å²) in [5.41, 5.74) is 5.68. The number of aromatic amines is 1. The number of aromatic nitrogens is 2. The van der Waals surface area contributed by atoms with Crippen molar-refractivity contribution >= 4 is 54.9 Å². The van der Waals surface area contributed by atoms with Crippen LogP contribution in [0.3, 0.4) is 0 Å². The first-order chi connectivity index (χ1) is 21.3. The lowest BCUT2D eigenvalue weighted by molar-refractivity contribution is 0.0303. The third-order valence-electron chi connectivity index (χ3n) is 7.95. The Morgan fingerprint density at radius 1 is 1.00 bits per heavy atom. The summed E-state index contributed by atoms with van der Waals surface area (Å²) in [6.45, 7) is 2.17. The summed E-state index contributed by atoms with van der Waals surface area (Å²) in [6, 6.07) is 22.4. The number of nitrogens with one attached hydrogen (secondary N) is 1. The van der Waals surface area contributed by atoms with Crippen molar-refractivity contribution in [1.82, 2.24) is 14.9 Å². The van der Waals surface area contributed by atoms with Crippen molar-refractivity contribution in [2.75, 3.05) is 37.7 Å². The maximum absolute atomic E-state index is 14.1. The van der Waals surface area contributed by atoms with Gasteiger partial charge in [-0.15, -0.1) is 11.3 Å². The summed E-state index contributed by atoms with van der Waals surface area (Å²) in [7, 11) is -2.21. The van der Waals surface area contributed by atoms with Crippen LogP contribution in [-0.2, 0) is 14.8 Å². The van der Waals surface area contributed by atoms with E-state index in [0.29, 0.717) is 43.2 Å². The van der Waals surface area contributed by atoms with Crippen LogP contribution in [0.15, 0.2) is 94.6 Å². The van der Waals surface area contributed by atoms with Crippen LogP contribution in [-0.4, -0.2) is 62.5 Å². The van der Waals surface area contributed by atoms with Gasteiger partial charge in [0.05, 0.1) is 18.9 Å². The molecule has 0 atom stereocenters. The molecule has 1 fully saturated rings. The first kappa shape index (κ1) is 28.2. The van der Waals surface area contributed by atoms with Gasteiger partial charge in [-0.3, -0.25) is 9.10 Å². The molecule has 0 bridgehead atoms. The number of morpholine rings is 1. The Bertz CT molecular complexity index is 2100. The summed E-state index contributed by atoms with van der Waals surface area (Å²) in [4.78, 5) is 23.0. The quantitative estimate of drug-likeness (QED) is 0.226. The maximum atomic E-state index is 14.1. The van der Waals surface area contributed by atoms with Gasteiger partial charge in [-0.25, -0.2) is 17.8 Å². The number of benzene rings is 3. The van der Waals surface area contributed by atoms with Crippen LogP contribution in [0.5, 0.6) is 0 Å². The second kappa shape index (κ2) is 11.2. The number of carbonyl (C=O) groups is 1. The van der Waals surface area contributed by atoms with E-state index in [9.17, 15) is 17.6 Å². The normalized spacial score (nSPS) is 13.9. The standard InChI is InChI=1S/C33H27FN4O4S2/c1-37(44(40,41)29-3-2-18-43-29)25-12-13-28-26(19-25)31-30(22-8-10-24(34)11-9-22)27(20-35-32(31)36-28)21-4-6-23(7-5-21)33(39)38-14-16-42-17-15-38/h2-13,18-20H,14-17H2,1H3,(H,35,36). The number of ether oxygens (including phenoxy) is 1. The lowest BCUT2D eigenvalue weighted by atomic mass is 9.92. The van der Waals surface area contributed by atoms with Crippen LogP contribution < -0.4 is 4.31 Å². The average Bonchev–Trinajstić information content (AvgIpc) is 3.74. The minimum absolute atomic E-state index is 0.0436. The minimum Gasteiger partial charge on any atom is -0.378 e. The van der Waals surface area contributed by atoms with E-state index >= 15 is 0 Å². The molecule has 0 unspecified atom stereocenters. The van der Waals surface area contributed by atoms with Gasteiger partial charge in [-0.1, -0.05) is 30.3 Å². The summed E-state index contributed by atoms with van der Waals surface area (Å²) in [5, 5.41) is 3.29. The number of carbonyl (C=O) groups excluding carboxylic acids is 1. The van der Waals surface area contributed by atoms with Gasteiger partial charge in [0.1, 0.15) is 15.7 Å². The van der Waals surface area contributed by atoms with Gasteiger partial charge in [0.25, 0.3) is 15.9 Å². The number of pyridine rings is 1. The molecule has 1 aliphatic rings. The Hall–Kier alpha value is -4.58. The lowest BCUT2D eigenvalue weighted by Crippen LogP contribution is -2.40. The molecule has 1 aliphatic heterocycles. The molecule has 0 aliphatic carbocycles. The van der Waals surface area contributed by atoms with E-state index in [1.807, 2.05) is 36.4 Å². The zero-order valence-corrected chi connectivity index (χ0v) is 25.3. The summed E-state index contributed by atoms with van der Waals surface area (Å²) < 4.78 is 47.6. The number of amides is 1. The number of nitrogens with zero attached hydrogens (tertiary/aromatic N) is 3. The summed E-state index contributed by atoms with van der Waals surface area (Å²) >= 11 is 1.17. The first-order valence-electron chi connectivity index (χ1n) is 14.0. The van der Waals surface area contributed by atoms with E-state index in [4.69, 9.17) is 9.72 Å². The highest BCUT2D eigenvalue weighted by Gasteiger charge is 2.24. The molecule has 4 heterocycles. The van der Waals surface area contributed by atoms with Crippen molar-refractivity contribution in [3.05, 3.63) is 102 Å². The Labute approximate surface area is 257 Å². The predicted molar refractivity (Wildman–Crippen MR) is 171 cm³/mol. The Balaban J connectivity index is 1.38. The van der Waals surface area contributed by atoms with Crippen molar-refractivity contribution in [3.63, 3.8) is 0 Å². The third-order valence-corrected chi connectivity index (χ3v) is 11.1. The molecule has 0 radical (unpaired) electrons. The first-order valence-corrected chi connectivity index (χ1v) is 16.3. The van der Waals surface area contributed by atoms with E-state index in [-0.39, 0.29) is 15.9 Å². The molecule has 8 nitrogen and oxygen atoms in total. The Morgan fingerprint density at radius 3 is 2.43 bits per heavy atom. The second-order valence-corrected chi connectivity index (χ2v) is 13.7. The molecule has 1 saturated heterocycles. The predicted octanol–water partition coefficient (Wildman–Crippen LogP) is 6.55. The number of H-pyrrole nitrogens is 1. The monoisotopic (exact) mass is 626 g/mol. The molecule has 6 aromatic rings. The van der Waals surface area contributed by atoms with Crippen molar-refractivity contribution < 1.29 is 22.3 Å². The van der Waals surface area contributed by atoms with Crippen LogP contribution in [0, 0.1) is 5.82 Å². The topological polar surface area (TPSA) is 95.6 Å². The van der Waals surface area contributed by atoms with Gasteiger partial charge < -0.3 is 14.6 Å². The van der Waals surface area contributed by atoms with E-state index in [1.54, 1.807) is 46.8 Å². The second-order valence-electron chi connectivity index (χ2n) is 10.5. The number of rotatable bonds is 6. The largest absolute Gasteiger partial charge is 0.378 e. The molecule has 1 amide bonds. The van der Waals surface area contributed by atoms with E-state index in [1.165, 1.54) is 34.8 Å². The zero-order valence-electron chi connectivity index (χ0n) is 23.7. The maximum Gasteiger partial charge on any atom is 0.273 e. The van der Waals surface area contributed by atoms with Crippen LogP contribution in [0.2, 0.25) is 0 Å². The third kappa shape index (κ3) is 4.92. The molecule has 1 N–H and O–H groups in total. The fraction of sp³-hybridized carbons (Fsp3) is 0.152. The molecule has 3 aromatic carbocycles. The molecule has 0 spiro atoms. The lowest BCUT2D eigenvalue weighted by Gasteiger charge is -2.26. The Morgan fingerprint density at radius 2 is 1.73 bits per heavy atom. The van der Waals surface area contributed by atoms with E-state index in [0.717, 1.165) is 38.5 Å². The SMILES string of the molecule is CN(c1ccc2[nH]c3ncc(-c4ccc(C(=O)N5CCOCC5)cc4)c(-c4ccc(F)cc4)c3c2c1)S(=O)(=O)c1cccs1. The number of halogens is 1. The van der Waals surface area contributed by atoms with Crippen molar-refractivity contribution in [3.8, 4) is 22.3 Å². The van der Waals surface area contributed by atoms with Gasteiger partial charge >= 0.3 is 0 Å². The Kier molecular flexibility index (Phi) is 7.16. The van der Waals surface area contributed by atoms with Crippen LogP contribution in [0.4, 0.5) is 10.1 Å². The van der Waals surface area contributed by atoms with Crippen LogP contribution in [0.1, 0.15) is 10.4 Å². The van der Waals surface area contributed by atoms with Crippen molar-refractivity contribution in [1.29, 1.82) is 0 Å². The fourth-order valence-electron chi connectivity index (χ4n) is 5.60. The van der Waals surface area contributed by atoms with Gasteiger partial charge in [0.15, 0.2) is 0 Å². The van der Waals surface area contributed by atoms with E-state index < -0.39 is 10.0 Å². The summed E-state index contributed by atoms with van der Waals surface area (Å²) in [6.07, 6.45) is 1.77. The molecular formula is C33H27FN4O4S2. The number of anilines is 1. The molecular weight excluding hydrogens is 600 g/mol. The minimum atomic E-state index is -3.74. The number of thiophene rings is 1. The molecule has 3 aromatic heterocycles. The summed E-state index contributed by atoms with van der Waals surface area (Å²) in [5.74, 6) is -0.397. The number of hydrogen-bond acceptors (Lipinski definition) is 6.